The molecule has 5 heteroatoms. The summed E-state index contributed by atoms with van der Waals surface area (Å²) in [5, 5.41) is 3.45. The van der Waals surface area contributed by atoms with Crippen LogP contribution < -0.4 is 10.7 Å². The lowest BCUT2D eigenvalue weighted by molar-refractivity contribution is 0.102. The number of nitrogens with zero attached hydrogens (tertiary/aromatic N) is 1. The molecule has 4 rings (SSSR count). The van der Waals surface area contributed by atoms with Gasteiger partial charge in [-0.15, -0.1) is 0 Å². The van der Waals surface area contributed by atoms with E-state index in [1.807, 2.05) is 41.8 Å². The number of amides is 1. The van der Waals surface area contributed by atoms with Gasteiger partial charge in [-0.05, 0) is 65.5 Å². The summed E-state index contributed by atoms with van der Waals surface area (Å²) in [6, 6.07) is 11.6. The maximum atomic E-state index is 12.9. The number of hydrogen-bond acceptors (Lipinski definition) is 2. The average molecular weight is 397 g/mol. The molecule has 3 aromatic rings. The summed E-state index contributed by atoms with van der Waals surface area (Å²) in [5.41, 5.74) is 3.81. The van der Waals surface area contributed by atoms with E-state index in [1.54, 1.807) is 12.3 Å². The normalized spacial score (nSPS) is 15.6. The number of nitrogens with one attached hydrogen (secondary N) is 1. The van der Waals surface area contributed by atoms with Crippen molar-refractivity contribution in [1.82, 2.24) is 4.57 Å². The first-order valence-electron chi connectivity index (χ1n) is 8.20. The van der Waals surface area contributed by atoms with Crippen molar-refractivity contribution in [1.29, 1.82) is 0 Å². The molecule has 4 nitrogen and oxygen atoms in total. The Hall–Kier alpha value is -2.40. The van der Waals surface area contributed by atoms with Crippen molar-refractivity contribution in [2.45, 2.75) is 26.3 Å². The molecule has 0 bridgehead atoms. The first-order valence-corrected chi connectivity index (χ1v) is 8.99. The molecule has 25 heavy (non-hydrogen) atoms. The number of aromatic nitrogens is 1. The molecule has 1 N–H and O–H groups in total. The number of carbonyl (C=O) groups excluding carboxylic acids is 1. The third kappa shape index (κ3) is 2.59. The van der Waals surface area contributed by atoms with Crippen LogP contribution in [0, 0.1) is 6.92 Å². The molecule has 2 aromatic carbocycles. The first-order chi connectivity index (χ1) is 12.0. The lowest BCUT2D eigenvalue weighted by Crippen LogP contribution is -2.24. The molecule has 0 unspecified atom stereocenters. The van der Waals surface area contributed by atoms with Crippen molar-refractivity contribution in [3.05, 3.63) is 74.0 Å². The predicted octanol–water partition coefficient (Wildman–Crippen LogP) is 4.44. The van der Waals surface area contributed by atoms with E-state index in [0.29, 0.717) is 11.1 Å². The van der Waals surface area contributed by atoms with Crippen LogP contribution in [-0.2, 0) is 6.42 Å². The van der Waals surface area contributed by atoms with Crippen LogP contribution in [-0.4, -0.2) is 10.5 Å². The highest BCUT2D eigenvalue weighted by Gasteiger charge is 2.24. The highest BCUT2D eigenvalue weighted by atomic mass is 79.9. The molecule has 126 valence electrons. The molecule has 2 heterocycles. The van der Waals surface area contributed by atoms with Gasteiger partial charge in [-0.2, -0.15) is 0 Å². The van der Waals surface area contributed by atoms with Gasteiger partial charge in [-0.25, -0.2) is 0 Å². The van der Waals surface area contributed by atoms with E-state index in [0.717, 1.165) is 27.5 Å². The Morgan fingerprint density at radius 2 is 2.08 bits per heavy atom. The summed E-state index contributed by atoms with van der Waals surface area (Å²) in [5.74, 6) is -0.385. The monoisotopic (exact) mass is 396 g/mol. The van der Waals surface area contributed by atoms with E-state index in [-0.39, 0.29) is 22.9 Å². The number of anilines is 1. The van der Waals surface area contributed by atoms with Crippen molar-refractivity contribution >= 4 is 38.4 Å². The van der Waals surface area contributed by atoms with Crippen molar-refractivity contribution in [2.24, 2.45) is 0 Å². The van der Waals surface area contributed by atoms with E-state index in [4.69, 9.17) is 0 Å². The van der Waals surface area contributed by atoms with Gasteiger partial charge < -0.3 is 9.88 Å². The quantitative estimate of drug-likeness (QED) is 0.695. The minimum atomic E-state index is -0.385. The lowest BCUT2D eigenvalue weighted by atomic mass is 10.1. The number of rotatable bonds is 2. The number of pyridine rings is 1. The zero-order valence-corrected chi connectivity index (χ0v) is 15.6. The van der Waals surface area contributed by atoms with Crippen LogP contribution in [0.1, 0.15) is 34.5 Å². The summed E-state index contributed by atoms with van der Waals surface area (Å²) < 4.78 is 2.84. The van der Waals surface area contributed by atoms with E-state index < -0.39 is 0 Å². The number of benzene rings is 2. The van der Waals surface area contributed by atoms with Gasteiger partial charge in [-0.1, -0.05) is 18.2 Å². The Morgan fingerprint density at radius 1 is 1.28 bits per heavy atom. The van der Waals surface area contributed by atoms with Gasteiger partial charge in [0, 0.05) is 22.1 Å². The van der Waals surface area contributed by atoms with Gasteiger partial charge >= 0.3 is 0 Å². The molecule has 1 amide bonds. The van der Waals surface area contributed by atoms with Crippen molar-refractivity contribution in [3.8, 4) is 0 Å². The van der Waals surface area contributed by atoms with Crippen LogP contribution in [0.25, 0.3) is 10.9 Å². The zero-order chi connectivity index (χ0) is 17.7. The molecule has 1 aromatic heterocycles. The Balaban J connectivity index is 1.81. The highest BCUT2D eigenvalue weighted by molar-refractivity contribution is 9.10. The maximum absolute atomic E-state index is 12.9. The SMILES string of the molecule is Cc1ccc(NC(=O)c2cn3c4c(cccc4c2=O)C[C@H]3C)c(Br)c1. The average Bonchev–Trinajstić information content (AvgIpc) is 2.89. The van der Waals surface area contributed by atoms with Crippen LogP contribution in [0.3, 0.4) is 0 Å². The van der Waals surface area contributed by atoms with Crippen LogP contribution in [0.5, 0.6) is 0 Å². The van der Waals surface area contributed by atoms with Gasteiger partial charge in [0.05, 0.1) is 11.2 Å². The standard InChI is InChI=1S/C20H17BrN2O2/c1-11-6-7-17(16(21)8-11)22-20(25)15-10-23-12(2)9-13-4-3-5-14(18(13)23)19(15)24/h3-8,10,12H,9H2,1-2H3,(H,22,25)/t12-/m1/s1. The topological polar surface area (TPSA) is 51.1 Å². The van der Waals surface area contributed by atoms with E-state index in [2.05, 4.69) is 28.2 Å². The summed E-state index contributed by atoms with van der Waals surface area (Å²) in [7, 11) is 0. The molecule has 0 fully saturated rings. The minimum absolute atomic E-state index is 0.172. The highest BCUT2D eigenvalue weighted by Crippen LogP contribution is 2.31. The molecule has 0 aliphatic carbocycles. The van der Waals surface area contributed by atoms with Crippen LogP contribution in [0.15, 0.2) is 51.9 Å². The third-order valence-electron chi connectivity index (χ3n) is 4.74. The largest absolute Gasteiger partial charge is 0.343 e. The molecule has 0 spiro atoms. The summed E-state index contributed by atoms with van der Waals surface area (Å²) in [6.07, 6.45) is 2.58. The first kappa shape index (κ1) is 16.1. The van der Waals surface area contributed by atoms with Crippen LogP contribution in [0.2, 0.25) is 0 Å². The fourth-order valence-corrected chi connectivity index (χ4v) is 4.08. The number of aryl methyl sites for hydroxylation is 1. The second-order valence-electron chi connectivity index (χ2n) is 6.58. The molecule has 1 aliphatic rings. The second-order valence-corrected chi connectivity index (χ2v) is 7.44. The molecule has 1 atom stereocenters. The molecular formula is C20H17BrN2O2. The van der Waals surface area contributed by atoms with Crippen molar-refractivity contribution < 1.29 is 4.79 Å². The Labute approximate surface area is 153 Å². The third-order valence-corrected chi connectivity index (χ3v) is 5.40. The van der Waals surface area contributed by atoms with E-state index in [1.165, 1.54) is 0 Å². The van der Waals surface area contributed by atoms with E-state index in [9.17, 15) is 9.59 Å². The lowest BCUT2D eigenvalue weighted by Gasteiger charge is -2.13. The number of carbonyl (C=O) groups is 1. The molecule has 0 radical (unpaired) electrons. The van der Waals surface area contributed by atoms with Crippen molar-refractivity contribution in [2.75, 3.05) is 5.32 Å². The number of halogens is 1. The zero-order valence-electron chi connectivity index (χ0n) is 14.0. The second kappa shape index (κ2) is 5.85. The summed E-state index contributed by atoms with van der Waals surface area (Å²) in [4.78, 5) is 25.6. The van der Waals surface area contributed by atoms with Gasteiger partial charge in [0.1, 0.15) is 5.56 Å². The van der Waals surface area contributed by atoms with E-state index >= 15 is 0 Å². The van der Waals surface area contributed by atoms with Crippen LogP contribution in [0.4, 0.5) is 5.69 Å². The fraction of sp³-hybridized carbons (Fsp3) is 0.200. The predicted molar refractivity (Wildman–Crippen MR) is 103 cm³/mol. The van der Waals surface area contributed by atoms with Gasteiger partial charge in [0.15, 0.2) is 0 Å². The Morgan fingerprint density at radius 3 is 2.84 bits per heavy atom. The molecule has 0 saturated carbocycles. The van der Waals surface area contributed by atoms with Gasteiger partial charge in [-0.3, -0.25) is 9.59 Å². The number of hydrogen-bond donors (Lipinski definition) is 1. The molecular weight excluding hydrogens is 380 g/mol. The van der Waals surface area contributed by atoms with Gasteiger partial charge in [0.2, 0.25) is 5.43 Å². The smallest absolute Gasteiger partial charge is 0.261 e. The molecule has 1 aliphatic heterocycles. The minimum Gasteiger partial charge on any atom is -0.343 e. The number of para-hydroxylation sites is 1. The summed E-state index contributed by atoms with van der Waals surface area (Å²) in [6.45, 7) is 4.08. The van der Waals surface area contributed by atoms with Crippen LogP contribution >= 0.6 is 15.9 Å². The van der Waals surface area contributed by atoms with Gasteiger partial charge in [0.25, 0.3) is 5.91 Å². The fourth-order valence-electron chi connectivity index (χ4n) is 3.49. The Kier molecular flexibility index (Phi) is 3.76. The molecule has 0 saturated heterocycles. The summed E-state index contributed by atoms with van der Waals surface area (Å²) >= 11 is 3.45. The Bertz CT molecular complexity index is 1080. The van der Waals surface area contributed by atoms with Crippen molar-refractivity contribution in [3.63, 3.8) is 0 Å². The maximum Gasteiger partial charge on any atom is 0.261 e.